The van der Waals surface area contributed by atoms with Gasteiger partial charge in [0.1, 0.15) is 11.3 Å². The van der Waals surface area contributed by atoms with Crippen molar-refractivity contribution in [3.63, 3.8) is 0 Å². The average Bonchev–Trinajstić information content (AvgIpc) is 3.11. The van der Waals surface area contributed by atoms with Crippen molar-refractivity contribution in [1.29, 1.82) is 0 Å². The maximum atomic E-state index is 13.2. The van der Waals surface area contributed by atoms with Crippen LogP contribution in [0, 0.1) is 6.92 Å². The van der Waals surface area contributed by atoms with E-state index in [1.165, 1.54) is 6.42 Å². The molecule has 0 radical (unpaired) electrons. The Balaban J connectivity index is 1.53. The molecule has 0 spiro atoms. The highest BCUT2D eigenvalue weighted by atomic mass is 16.4. The summed E-state index contributed by atoms with van der Waals surface area (Å²) in [5.41, 5.74) is 0.483. The summed E-state index contributed by atoms with van der Waals surface area (Å²) in [5.74, 6) is 0.915. The number of likely N-dealkylation sites (tertiary alicyclic amines) is 1. The Morgan fingerprint density at radius 3 is 2.78 bits per heavy atom. The van der Waals surface area contributed by atoms with E-state index in [9.17, 15) is 9.59 Å². The van der Waals surface area contributed by atoms with Gasteiger partial charge in [0.2, 0.25) is 0 Å². The predicted octanol–water partition coefficient (Wildman–Crippen LogP) is 3.50. The Hall–Kier alpha value is -2.37. The summed E-state index contributed by atoms with van der Waals surface area (Å²) in [5, 5.41) is 4.24. The third-order valence-electron chi connectivity index (χ3n) is 6.03. The number of aromatic nitrogens is 2. The van der Waals surface area contributed by atoms with Crippen molar-refractivity contribution in [1.82, 2.24) is 14.7 Å². The number of amides is 1. The first-order chi connectivity index (χ1) is 13.1. The third-order valence-corrected chi connectivity index (χ3v) is 6.03. The molecule has 2 aromatic heterocycles. The van der Waals surface area contributed by atoms with Crippen LogP contribution in [-0.4, -0.2) is 33.2 Å². The fourth-order valence-electron chi connectivity index (χ4n) is 4.21. The first-order valence-corrected chi connectivity index (χ1v) is 10.1. The highest BCUT2D eigenvalue weighted by molar-refractivity contribution is 5.95. The van der Waals surface area contributed by atoms with Crippen molar-refractivity contribution in [2.75, 3.05) is 6.54 Å². The first kappa shape index (κ1) is 18.0. The smallest absolute Gasteiger partial charge is 0.349 e. The van der Waals surface area contributed by atoms with Crippen LogP contribution in [0.4, 0.5) is 0 Å². The number of rotatable bonds is 5. The minimum absolute atomic E-state index is 0.139. The molecule has 1 aliphatic heterocycles. The molecule has 1 amide bonds. The number of hydrogen-bond donors (Lipinski definition) is 0. The molecule has 2 fully saturated rings. The molecule has 1 atom stereocenters. The van der Waals surface area contributed by atoms with Crippen LogP contribution in [0.3, 0.4) is 0 Å². The molecule has 2 aromatic rings. The van der Waals surface area contributed by atoms with Crippen LogP contribution in [0.25, 0.3) is 0 Å². The fourth-order valence-corrected chi connectivity index (χ4v) is 4.21. The quantitative estimate of drug-likeness (QED) is 0.809. The lowest BCUT2D eigenvalue weighted by Crippen LogP contribution is -2.45. The van der Waals surface area contributed by atoms with Gasteiger partial charge in [-0.1, -0.05) is 6.42 Å². The zero-order valence-corrected chi connectivity index (χ0v) is 15.9. The SMILES string of the molecule is Cc1cc(C2CCC2)oc(=O)c1C(=O)N1CCCCC1CCn1cccn1. The lowest BCUT2D eigenvalue weighted by molar-refractivity contribution is 0.0587. The maximum absolute atomic E-state index is 13.2. The molecule has 4 rings (SSSR count). The van der Waals surface area contributed by atoms with Gasteiger partial charge in [-0.15, -0.1) is 0 Å². The van der Waals surface area contributed by atoms with Gasteiger partial charge >= 0.3 is 5.63 Å². The minimum Gasteiger partial charge on any atom is -0.427 e. The Kier molecular flexibility index (Phi) is 5.14. The molecular formula is C21H27N3O3. The van der Waals surface area contributed by atoms with Crippen LogP contribution < -0.4 is 5.63 Å². The second kappa shape index (κ2) is 7.71. The topological polar surface area (TPSA) is 68.3 Å². The van der Waals surface area contributed by atoms with Gasteiger partial charge in [-0.3, -0.25) is 9.48 Å². The van der Waals surface area contributed by atoms with E-state index in [2.05, 4.69) is 5.10 Å². The maximum Gasteiger partial charge on any atom is 0.349 e. The minimum atomic E-state index is -0.474. The van der Waals surface area contributed by atoms with Gasteiger partial charge in [0.05, 0.1) is 0 Å². The summed E-state index contributed by atoms with van der Waals surface area (Å²) < 4.78 is 7.44. The van der Waals surface area contributed by atoms with E-state index in [1.807, 2.05) is 34.8 Å². The number of nitrogens with zero attached hydrogens (tertiary/aromatic N) is 3. The number of hydrogen-bond acceptors (Lipinski definition) is 4. The molecule has 1 saturated carbocycles. The second-order valence-electron chi connectivity index (χ2n) is 7.83. The van der Waals surface area contributed by atoms with E-state index in [4.69, 9.17) is 4.42 Å². The Morgan fingerprint density at radius 2 is 2.11 bits per heavy atom. The van der Waals surface area contributed by atoms with Gasteiger partial charge < -0.3 is 9.32 Å². The van der Waals surface area contributed by atoms with Gasteiger partial charge in [0.15, 0.2) is 0 Å². The van der Waals surface area contributed by atoms with E-state index in [-0.39, 0.29) is 17.5 Å². The highest BCUT2D eigenvalue weighted by Gasteiger charge is 2.31. The average molecular weight is 369 g/mol. The summed E-state index contributed by atoms with van der Waals surface area (Å²) in [4.78, 5) is 27.7. The third kappa shape index (κ3) is 3.70. The molecule has 6 heteroatoms. The van der Waals surface area contributed by atoms with Crippen molar-refractivity contribution < 1.29 is 9.21 Å². The molecular weight excluding hydrogens is 342 g/mol. The number of carbonyl (C=O) groups is 1. The zero-order chi connectivity index (χ0) is 18.8. The van der Waals surface area contributed by atoms with Gasteiger partial charge in [-0.25, -0.2) is 4.79 Å². The molecule has 6 nitrogen and oxygen atoms in total. The first-order valence-electron chi connectivity index (χ1n) is 10.1. The second-order valence-corrected chi connectivity index (χ2v) is 7.83. The predicted molar refractivity (Wildman–Crippen MR) is 102 cm³/mol. The van der Waals surface area contributed by atoms with Gasteiger partial charge in [0.25, 0.3) is 5.91 Å². The van der Waals surface area contributed by atoms with Crippen LogP contribution in [0.1, 0.15) is 72.5 Å². The highest BCUT2D eigenvalue weighted by Crippen LogP contribution is 2.36. The largest absolute Gasteiger partial charge is 0.427 e. The summed E-state index contributed by atoms with van der Waals surface area (Å²) >= 11 is 0. The van der Waals surface area contributed by atoms with Gasteiger partial charge in [-0.05, 0) is 63.1 Å². The number of piperidine rings is 1. The molecule has 0 N–H and O–H groups in total. The summed E-state index contributed by atoms with van der Waals surface area (Å²) in [6.45, 7) is 3.33. The van der Waals surface area contributed by atoms with Gasteiger partial charge in [-0.2, -0.15) is 5.10 Å². The summed E-state index contributed by atoms with van der Waals surface area (Å²) in [6, 6.07) is 3.95. The summed E-state index contributed by atoms with van der Waals surface area (Å²) in [6.07, 6.45) is 10.9. The molecule has 0 bridgehead atoms. The Bertz CT molecular complexity index is 852. The zero-order valence-electron chi connectivity index (χ0n) is 15.9. The Morgan fingerprint density at radius 1 is 1.26 bits per heavy atom. The van der Waals surface area contributed by atoms with E-state index in [1.54, 1.807) is 6.20 Å². The van der Waals surface area contributed by atoms with E-state index >= 15 is 0 Å². The lowest BCUT2D eigenvalue weighted by atomic mass is 9.83. The van der Waals surface area contributed by atoms with Crippen molar-refractivity contribution in [2.24, 2.45) is 0 Å². The van der Waals surface area contributed by atoms with Crippen molar-refractivity contribution in [2.45, 2.75) is 70.4 Å². The van der Waals surface area contributed by atoms with Gasteiger partial charge in [0, 0.05) is 37.4 Å². The normalized spacial score (nSPS) is 20.5. The van der Waals surface area contributed by atoms with Crippen LogP contribution in [-0.2, 0) is 6.54 Å². The van der Waals surface area contributed by atoms with Crippen molar-refractivity contribution >= 4 is 5.91 Å². The monoisotopic (exact) mass is 369 g/mol. The summed E-state index contributed by atoms with van der Waals surface area (Å²) in [7, 11) is 0. The van der Waals surface area contributed by atoms with E-state index in [0.29, 0.717) is 12.5 Å². The van der Waals surface area contributed by atoms with Crippen LogP contribution in [0.15, 0.2) is 33.7 Å². The van der Waals surface area contributed by atoms with E-state index < -0.39 is 5.63 Å². The number of aryl methyl sites for hydroxylation is 2. The molecule has 27 heavy (non-hydrogen) atoms. The molecule has 1 saturated heterocycles. The molecule has 1 unspecified atom stereocenters. The molecule has 3 heterocycles. The fraction of sp³-hybridized carbons (Fsp3) is 0.571. The standard InChI is InChI=1S/C21H27N3O3/c1-15-14-18(16-6-4-7-16)27-21(26)19(15)20(25)24-12-3-2-8-17(24)9-13-23-11-5-10-22-23/h5,10-11,14,16-17H,2-4,6-9,12-13H2,1H3. The van der Waals surface area contributed by atoms with Crippen LogP contribution >= 0.6 is 0 Å². The number of carbonyl (C=O) groups excluding carboxylic acids is 1. The molecule has 2 aliphatic rings. The lowest BCUT2D eigenvalue weighted by Gasteiger charge is -2.36. The molecule has 0 aromatic carbocycles. The molecule has 144 valence electrons. The Labute approximate surface area is 159 Å². The van der Waals surface area contributed by atoms with Crippen molar-refractivity contribution in [3.8, 4) is 0 Å². The van der Waals surface area contributed by atoms with Crippen LogP contribution in [0.5, 0.6) is 0 Å². The van der Waals surface area contributed by atoms with E-state index in [0.717, 1.165) is 56.4 Å². The molecule has 1 aliphatic carbocycles. The van der Waals surface area contributed by atoms with Crippen molar-refractivity contribution in [3.05, 3.63) is 51.8 Å². The van der Waals surface area contributed by atoms with Crippen LogP contribution in [0.2, 0.25) is 0 Å².